The standard InChI is InChI=1S/C17H16ClN3O2/c1-23-9-13(16(19)22)10-3-2-4-11(7-10)15-8-12-14(18)5-6-20-17(12)21-15/h2-8,13H,9H2,1H3,(H2,19,22)(H,20,21). The van der Waals surface area contributed by atoms with Gasteiger partial charge in [0.25, 0.3) is 0 Å². The number of H-pyrrole nitrogens is 1. The molecule has 0 radical (unpaired) electrons. The number of aromatic nitrogens is 2. The lowest BCUT2D eigenvalue weighted by atomic mass is 9.96. The zero-order valence-corrected chi connectivity index (χ0v) is 13.3. The van der Waals surface area contributed by atoms with Gasteiger partial charge in [0.1, 0.15) is 5.65 Å². The van der Waals surface area contributed by atoms with E-state index in [0.29, 0.717) is 5.02 Å². The van der Waals surface area contributed by atoms with Crippen LogP contribution in [0.2, 0.25) is 5.02 Å². The topological polar surface area (TPSA) is 81.0 Å². The minimum absolute atomic E-state index is 0.249. The maximum atomic E-state index is 11.6. The van der Waals surface area contributed by atoms with Gasteiger partial charge < -0.3 is 15.5 Å². The zero-order chi connectivity index (χ0) is 16.4. The zero-order valence-electron chi connectivity index (χ0n) is 12.5. The molecule has 2 heterocycles. The Morgan fingerprint density at radius 1 is 1.39 bits per heavy atom. The van der Waals surface area contributed by atoms with Crippen LogP contribution in [0.4, 0.5) is 0 Å². The number of carbonyl (C=O) groups excluding carboxylic acids is 1. The summed E-state index contributed by atoms with van der Waals surface area (Å²) in [6.45, 7) is 0.249. The molecule has 0 fully saturated rings. The van der Waals surface area contributed by atoms with Crippen molar-refractivity contribution in [2.45, 2.75) is 5.92 Å². The minimum Gasteiger partial charge on any atom is -0.384 e. The highest BCUT2D eigenvalue weighted by Crippen LogP contribution is 2.29. The first kappa shape index (κ1) is 15.5. The fourth-order valence-electron chi connectivity index (χ4n) is 2.58. The number of nitrogens with zero attached hydrogens (tertiary/aromatic N) is 1. The van der Waals surface area contributed by atoms with Crippen LogP contribution >= 0.6 is 11.6 Å². The summed E-state index contributed by atoms with van der Waals surface area (Å²) in [6, 6.07) is 11.3. The molecule has 118 valence electrons. The molecule has 5 nitrogen and oxygen atoms in total. The Morgan fingerprint density at radius 3 is 2.91 bits per heavy atom. The highest BCUT2D eigenvalue weighted by molar-refractivity contribution is 6.35. The molecule has 3 rings (SSSR count). The van der Waals surface area contributed by atoms with E-state index in [1.54, 1.807) is 19.4 Å². The number of nitrogens with one attached hydrogen (secondary N) is 1. The Morgan fingerprint density at radius 2 is 2.22 bits per heavy atom. The SMILES string of the molecule is COCC(C(N)=O)c1cccc(-c2cc3c(Cl)ccnc3[nH]2)c1. The number of rotatable bonds is 5. The van der Waals surface area contributed by atoms with Gasteiger partial charge in [-0.1, -0.05) is 29.8 Å². The summed E-state index contributed by atoms with van der Waals surface area (Å²) in [5.74, 6) is -0.892. The van der Waals surface area contributed by atoms with Gasteiger partial charge >= 0.3 is 0 Å². The molecule has 0 saturated heterocycles. The summed E-state index contributed by atoms with van der Waals surface area (Å²) in [5, 5.41) is 1.50. The first-order valence-corrected chi connectivity index (χ1v) is 7.49. The minimum atomic E-state index is -0.481. The number of halogens is 1. The monoisotopic (exact) mass is 329 g/mol. The van der Waals surface area contributed by atoms with Crippen LogP contribution in [0.25, 0.3) is 22.3 Å². The van der Waals surface area contributed by atoms with Crippen LogP contribution in [0.1, 0.15) is 11.5 Å². The van der Waals surface area contributed by atoms with E-state index < -0.39 is 11.8 Å². The van der Waals surface area contributed by atoms with Gasteiger partial charge in [0.2, 0.25) is 5.91 Å². The van der Waals surface area contributed by atoms with Gasteiger partial charge in [-0.25, -0.2) is 4.98 Å². The summed E-state index contributed by atoms with van der Waals surface area (Å²) >= 11 is 6.18. The first-order chi connectivity index (χ1) is 11.1. The molecule has 0 aliphatic rings. The largest absolute Gasteiger partial charge is 0.384 e. The van der Waals surface area contributed by atoms with Crippen LogP contribution in [-0.4, -0.2) is 29.6 Å². The third-order valence-electron chi connectivity index (χ3n) is 3.76. The number of aromatic amines is 1. The number of fused-ring (bicyclic) bond motifs is 1. The molecule has 1 unspecified atom stereocenters. The molecule has 0 bridgehead atoms. The highest BCUT2D eigenvalue weighted by Gasteiger charge is 2.18. The Balaban J connectivity index is 2.04. The van der Waals surface area contributed by atoms with Gasteiger partial charge in [-0.15, -0.1) is 0 Å². The summed E-state index contributed by atoms with van der Waals surface area (Å²) in [6.07, 6.45) is 1.66. The van der Waals surface area contributed by atoms with Gasteiger partial charge in [0, 0.05) is 24.4 Å². The van der Waals surface area contributed by atoms with Crippen LogP contribution in [0.5, 0.6) is 0 Å². The number of methoxy groups -OCH3 is 1. The third-order valence-corrected chi connectivity index (χ3v) is 4.09. The van der Waals surface area contributed by atoms with E-state index in [9.17, 15) is 4.79 Å². The Hall–Kier alpha value is -2.37. The number of hydrogen-bond donors (Lipinski definition) is 2. The molecule has 1 aromatic carbocycles. The second kappa shape index (κ2) is 6.40. The van der Waals surface area contributed by atoms with Crippen LogP contribution in [-0.2, 0) is 9.53 Å². The number of benzene rings is 1. The molecule has 1 amide bonds. The lowest BCUT2D eigenvalue weighted by Crippen LogP contribution is -2.25. The molecule has 0 saturated carbocycles. The number of carbonyl (C=O) groups is 1. The quantitative estimate of drug-likeness (QED) is 0.754. The molecule has 3 N–H and O–H groups in total. The van der Waals surface area contributed by atoms with Crippen LogP contribution in [0.15, 0.2) is 42.6 Å². The van der Waals surface area contributed by atoms with E-state index in [4.69, 9.17) is 22.1 Å². The Bertz CT molecular complexity index is 860. The van der Waals surface area contributed by atoms with Crippen molar-refractivity contribution >= 4 is 28.5 Å². The average Bonchev–Trinajstić information content (AvgIpc) is 2.98. The van der Waals surface area contributed by atoms with Crippen molar-refractivity contribution in [2.24, 2.45) is 5.73 Å². The molecular formula is C17H16ClN3O2. The lowest BCUT2D eigenvalue weighted by Gasteiger charge is -2.13. The van der Waals surface area contributed by atoms with E-state index >= 15 is 0 Å². The van der Waals surface area contributed by atoms with E-state index in [1.807, 2.05) is 30.3 Å². The maximum Gasteiger partial charge on any atom is 0.227 e. The van der Waals surface area contributed by atoms with Gasteiger partial charge in [-0.05, 0) is 29.3 Å². The van der Waals surface area contributed by atoms with Crippen LogP contribution < -0.4 is 5.73 Å². The van der Waals surface area contributed by atoms with Crippen LogP contribution in [0, 0.1) is 0 Å². The third kappa shape index (κ3) is 3.06. The van der Waals surface area contributed by atoms with Crippen molar-refractivity contribution in [2.75, 3.05) is 13.7 Å². The fraction of sp³-hybridized carbons (Fsp3) is 0.176. The fourth-order valence-corrected chi connectivity index (χ4v) is 2.78. The van der Waals surface area contributed by atoms with Gasteiger partial charge in [0.15, 0.2) is 0 Å². The van der Waals surface area contributed by atoms with Crippen molar-refractivity contribution in [3.05, 3.63) is 53.2 Å². The number of amides is 1. The molecule has 3 aromatic rings. The second-order valence-corrected chi connectivity index (χ2v) is 5.68. The number of primary amides is 1. The molecule has 2 aromatic heterocycles. The number of ether oxygens (including phenoxy) is 1. The smallest absolute Gasteiger partial charge is 0.227 e. The Kier molecular flexibility index (Phi) is 4.32. The predicted octanol–water partition coefficient (Wildman–Crippen LogP) is 3.10. The average molecular weight is 330 g/mol. The van der Waals surface area contributed by atoms with Gasteiger partial charge in [-0.2, -0.15) is 0 Å². The normalized spacial score (nSPS) is 12.4. The molecule has 0 aliphatic heterocycles. The van der Waals surface area contributed by atoms with E-state index in [0.717, 1.165) is 27.9 Å². The van der Waals surface area contributed by atoms with Crippen molar-refractivity contribution in [1.29, 1.82) is 0 Å². The second-order valence-electron chi connectivity index (χ2n) is 5.27. The van der Waals surface area contributed by atoms with E-state index in [2.05, 4.69) is 9.97 Å². The summed E-state index contributed by atoms with van der Waals surface area (Å²) in [4.78, 5) is 19.1. The molecular weight excluding hydrogens is 314 g/mol. The molecule has 0 spiro atoms. The van der Waals surface area contributed by atoms with E-state index in [-0.39, 0.29) is 6.61 Å². The molecule has 6 heteroatoms. The summed E-state index contributed by atoms with van der Waals surface area (Å²) in [7, 11) is 1.55. The Labute approximate surface area is 138 Å². The predicted molar refractivity (Wildman–Crippen MR) is 90.4 cm³/mol. The molecule has 0 aliphatic carbocycles. The van der Waals surface area contributed by atoms with Crippen molar-refractivity contribution in [3.63, 3.8) is 0 Å². The number of pyridine rings is 1. The summed E-state index contributed by atoms with van der Waals surface area (Å²) in [5.41, 5.74) is 8.82. The molecule has 1 atom stereocenters. The first-order valence-electron chi connectivity index (χ1n) is 7.12. The highest BCUT2D eigenvalue weighted by atomic mass is 35.5. The van der Waals surface area contributed by atoms with Gasteiger partial charge in [-0.3, -0.25) is 4.79 Å². The number of hydrogen-bond acceptors (Lipinski definition) is 3. The van der Waals surface area contributed by atoms with Gasteiger partial charge in [0.05, 0.1) is 17.5 Å². The van der Waals surface area contributed by atoms with Crippen LogP contribution in [0.3, 0.4) is 0 Å². The summed E-state index contributed by atoms with van der Waals surface area (Å²) < 4.78 is 5.09. The van der Waals surface area contributed by atoms with E-state index in [1.165, 1.54) is 0 Å². The van der Waals surface area contributed by atoms with Crippen molar-refractivity contribution in [3.8, 4) is 11.3 Å². The van der Waals surface area contributed by atoms with Crippen molar-refractivity contribution in [1.82, 2.24) is 9.97 Å². The van der Waals surface area contributed by atoms with Crippen molar-refractivity contribution < 1.29 is 9.53 Å². The maximum absolute atomic E-state index is 11.6. The molecule has 23 heavy (non-hydrogen) atoms. The lowest BCUT2D eigenvalue weighted by molar-refractivity contribution is -0.120. The number of nitrogens with two attached hydrogens (primary N) is 1.